The smallest absolute Gasteiger partial charge is 0.242 e. The first-order valence-corrected chi connectivity index (χ1v) is 10.6. The third-order valence-corrected chi connectivity index (χ3v) is 5.71. The molecule has 0 saturated carbocycles. The van der Waals surface area contributed by atoms with E-state index in [2.05, 4.69) is 5.32 Å². The third-order valence-electron chi connectivity index (χ3n) is 5.13. The molecule has 0 heterocycles. The molecule has 2 aromatic rings. The van der Waals surface area contributed by atoms with Gasteiger partial charge in [-0.25, -0.2) is 0 Å². The molecule has 0 aliphatic heterocycles. The Kier molecular flexibility index (Phi) is 8.54. The third kappa shape index (κ3) is 6.48. The van der Waals surface area contributed by atoms with Gasteiger partial charge in [0, 0.05) is 22.6 Å². The molecular weight excluding hydrogens is 407 g/mol. The molecule has 0 spiro atoms. The van der Waals surface area contributed by atoms with Crippen LogP contribution in [0.5, 0.6) is 0 Å². The van der Waals surface area contributed by atoms with E-state index in [0.29, 0.717) is 10.0 Å². The predicted molar refractivity (Wildman–Crippen MR) is 119 cm³/mol. The highest BCUT2D eigenvalue weighted by molar-refractivity contribution is 6.35. The van der Waals surface area contributed by atoms with Gasteiger partial charge in [0.05, 0.1) is 6.42 Å². The summed E-state index contributed by atoms with van der Waals surface area (Å²) in [5.74, 6) is -0.306. The first-order chi connectivity index (χ1) is 13.7. The van der Waals surface area contributed by atoms with Crippen molar-refractivity contribution in [1.82, 2.24) is 10.2 Å². The Morgan fingerprint density at radius 2 is 1.76 bits per heavy atom. The Balaban J connectivity index is 2.29. The van der Waals surface area contributed by atoms with Gasteiger partial charge in [0.15, 0.2) is 0 Å². The number of hydrogen-bond donors (Lipinski definition) is 1. The van der Waals surface area contributed by atoms with Crippen molar-refractivity contribution in [2.24, 2.45) is 0 Å². The quantitative estimate of drug-likeness (QED) is 0.622. The second kappa shape index (κ2) is 10.7. The van der Waals surface area contributed by atoms with Gasteiger partial charge in [0.25, 0.3) is 0 Å². The largest absolute Gasteiger partial charge is 0.352 e. The van der Waals surface area contributed by atoms with Crippen molar-refractivity contribution in [3.63, 3.8) is 0 Å². The molecule has 0 aromatic heterocycles. The molecule has 29 heavy (non-hydrogen) atoms. The number of benzene rings is 2. The van der Waals surface area contributed by atoms with E-state index in [4.69, 9.17) is 23.2 Å². The Bertz CT molecular complexity index is 870. The lowest BCUT2D eigenvalue weighted by atomic mass is 10.0. The van der Waals surface area contributed by atoms with Crippen molar-refractivity contribution in [1.29, 1.82) is 0 Å². The lowest BCUT2D eigenvalue weighted by Crippen LogP contribution is -2.50. The summed E-state index contributed by atoms with van der Waals surface area (Å²) in [6, 6.07) is 12.3. The van der Waals surface area contributed by atoms with E-state index < -0.39 is 6.04 Å². The highest BCUT2D eigenvalue weighted by Gasteiger charge is 2.27. The number of carbonyl (C=O) groups excluding carboxylic acids is 2. The molecule has 4 nitrogen and oxygen atoms in total. The highest BCUT2D eigenvalue weighted by atomic mass is 35.5. The van der Waals surface area contributed by atoms with Gasteiger partial charge in [0.1, 0.15) is 6.04 Å². The van der Waals surface area contributed by atoms with Crippen molar-refractivity contribution >= 4 is 35.0 Å². The molecule has 1 N–H and O–H groups in total. The minimum atomic E-state index is -0.632. The van der Waals surface area contributed by atoms with Crippen molar-refractivity contribution in [2.45, 2.75) is 59.2 Å². The Morgan fingerprint density at radius 1 is 1.07 bits per heavy atom. The van der Waals surface area contributed by atoms with Gasteiger partial charge in [-0.3, -0.25) is 9.59 Å². The molecule has 156 valence electrons. The number of hydrogen-bond acceptors (Lipinski definition) is 2. The van der Waals surface area contributed by atoms with Gasteiger partial charge in [-0.1, -0.05) is 60.5 Å². The minimum absolute atomic E-state index is 0.0392. The lowest BCUT2D eigenvalue weighted by molar-refractivity contribution is -0.140. The summed E-state index contributed by atoms with van der Waals surface area (Å²) in [5.41, 5.74) is 2.73. The topological polar surface area (TPSA) is 49.4 Å². The van der Waals surface area contributed by atoms with Gasteiger partial charge < -0.3 is 10.2 Å². The average molecular weight is 435 g/mol. The van der Waals surface area contributed by atoms with E-state index in [9.17, 15) is 9.59 Å². The summed E-state index contributed by atoms with van der Waals surface area (Å²) in [4.78, 5) is 27.6. The SMILES string of the molecule is CC[C@H](C)NC(=O)[C@H](C)N(Cc1ccc(Cl)cc1Cl)C(=O)Cc1ccccc1C. The van der Waals surface area contributed by atoms with Crippen LogP contribution in [0.15, 0.2) is 42.5 Å². The first kappa shape index (κ1) is 23.2. The summed E-state index contributed by atoms with van der Waals surface area (Å²) in [6.45, 7) is 7.90. The van der Waals surface area contributed by atoms with Crippen molar-refractivity contribution in [2.75, 3.05) is 0 Å². The summed E-state index contributed by atoms with van der Waals surface area (Å²) in [7, 11) is 0. The Hall–Kier alpha value is -2.04. The number of aryl methyl sites for hydroxylation is 1. The molecular formula is C23H28Cl2N2O2. The van der Waals surface area contributed by atoms with Crippen molar-refractivity contribution < 1.29 is 9.59 Å². The number of rotatable bonds is 8. The predicted octanol–water partition coefficient (Wildman–Crippen LogP) is 5.18. The van der Waals surface area contributed by atoms with Crippen LogP contribution in [0.3, 0.4) is 0 Å². The van der Waals surface area contributed by atoms with E-state index in [1.165, 1.54) is 0 Å². The zero-order valence-corrected chi connectivity index (χ0v) is 18.8. The van der Waals surface area contributed by atoms with Crippen LogP contribution in [0, 0.1) is 6.92 Å². The summed E-state index contributed by atoms with van der Waals surface area (Å²) in [6.07, 6.45) is 1.04. The fraction of sp³-hybridized carbons (Fsp3) is 0.391. The monoisotopic (exact) mass is 434 g/mol. The van der Waals surface area contributed by atoms with E-state index >= 15 is 0 Å². The van der Waals surface area contributed by atoms with Crippen LogP contribution in [-0.2, 0) is 22.6 Å². The number of amides is 2. The fourth-order valence-electron chi connectivity index (χ4n) is 2.95. The summed E-state index contributed by atoms with van der Waals surface area (Å²) in [5, 5.41) is 3.96. The lowest BCUT2D eigenvalue weighted by Gasteiger charge is -2.30. The fourth-order valence-corrected chi connectivity index (χ4v) is 3.42. The van der Waals surface area contributed by atoms with E-state index in [1.807, 2.05) is 45.0 Å². The van der Waals surface area contributed by atoms with Crippen LogP contribution in [0.1, 0.15) is 43.9 Å². The molecule has 0 saturated heterocycles. The molecule has 0 aliphatic carbocycles. The van der Waals surface area contributed by atoms with Crippen molar-refractivity contribution in [3.05, 3.63) is 69.2 Å². The van der Waals surface area contributed by atoms with Crippen LogP contribution in [0.2, 0.25) is 10.0 Å². The average Bonchev–Trinajstić information content (AvgIpc) is 2.68. The molecule has 0 fully saturated rings. The maximum atomic E-state index is 13.2. The molecule has 0 unspecified atom stereocenters. The number of carbonyl (C=O) groups is 2. The molecule has 2 aromatic carbocycles. The van der Waals surface area contributed by atoms with Crippen LogP contribution in [0.4, 0.5) is 0 Å². The van der Waals surface area contributed by atoms with Crippen LogP contribution in [0.25, 0.3) is 0 Å². The summed E-state index contributed by atoms with van der Waals surface area (Å²) >= 11 is 12.3. The number of halogens is 2. The molecule has 2 rings (SSSR count). The highest BCUT2D eigenvalue weighted by Crippen LogP contribution is 2.24. The van der Waals surface area contributed by atoms with Crippen LogP contribution < -0.4 is 5.32 Å². The molecule has 0 bridgehead atoms. The van der Waals surface area contributed by atoms with Gasteiger partial charge in [-0.05, 0) is 56.0 Å². The molecule has 0 aliphatic rings. The normalized spacial score (nSPS) is 12.9. The number of nitrogens with one attached hydrogen (secondary N) is 1. The molecule has 6 heteroatoms. The molecule has 2 atom stereocenters. The van der Waals surface area contributed by atoms with Gasteiger partial charge >= 0.3 is 0 Å². The van der Waals surface area contributed by atoms with Crippen LogP contribution in [-0.4, -0.2) is 28.8 Å². The Morgan fingerprint density at radius 3 is 2.38 bits per heavy atom. The van der Waals surface area contributed by atoms with Gasteiger partial charge in [0.2, 0.25) is 11.8 Å². The molecule has 0 radical (unpaired) electrons. The minimum Gasteiger partial charge on any atom is -0.352 e. The van der Waals surface area contributed by atoms with Crippen LogP contribution >= 0.6 is 23.2 Å². The molecule has 2 amide bonds. The first-order valence-electron chi connectivity index (χ1n) is 9.81. The summed E-state index contributed by atoms with van der Waals surface area (Å²) < 4.78 is 0. The van der Waals surface area contributed by atoms with E-state index in [0.717, 1.165) is 23.1 Å². The zero-order chi connectivity index (χ0) is 21.6. The Labute approximate surface area is 183 Å². The maximum Gasteiger partial charge on any atom is 0.242 e. The van der Waals surface area contributed by atoms with Gasteiger partial charge in [-0.2, -0.15) is 0 Å². The zero-order valence-electron chi connectivity index (χ0n) is 17.3. The number of nitrogens with zero attached hydrogens (tertiary/aromatic N) is 1. The van der Waals surface area contributed by atoms with E-state index in [-0.39, 0.29) is 30.8 Å². The van der Waals surface area contributed by atoms with Crippen molar-refractivity contribution in [3.8, 4) is 0 Å². The standard InChI is InChI=1S/C23H28Cl2N2O2/c1-5-16(3)26-23(29)17(4)27(14-19-10-11-20(24)13-21(19)25)22(28)12-18-9-7-6-8-15(18)2/h6-11,13,16-17H,5,12,14H2,1-4H3,(H,26,29)/t16-,17-/m0/s1. The van der Waals surface area contributed by atoms with Gasteiger partial charge in [-0.15, -0.1) is 0 Å². The second-order valence-corrected chi connectivity index (χ2v) is 8.20. The van der Waals surface area contributed by atoms with E-state index in [1.54, 1.807) is 30.0 Å². The maximum absolute atomic E-state index is 13.2. The second-order valence-electron chi connectivity index (χ2n) is 7.35.